The van der Waals surface area contributed by atoms with Gasteiger partial charge in [0.2, 0.25) is 5.91 Å². The number of pyridine rings is 1. The number of nitrogens with one attached hydrogen (secondary N) is 1. The van der Waals surface area contributed by atoms with Gasteiger partial charge in [-0.3, -0.25) is 9.78 Å². The number of aromatic nitrogens is 1. The average molecular weight is 312 g/mol. The minimum Gasteiger partial charge on any atom is -0.396 e. The first kappa shape index (κ1) is 15.3. The van der Waals surface area contributed by atoms with Crippen LogP contribution in [0, 0.1) is 0 Å². The van der Waals surface area contributed by atoms with Crippen molar-refractivity contribution in [3.8, 4) is 0 Å². The standard InChI is InChI=1S/C15H18F2N2O3/c1-2-14(5-6-20)11-9(3-4-10(18-11)12(16)17)15(7-22-8-15)19-13(14)21/h3-4,12,20H,2,5-8H2,1H3,(H,19,21). The molecule has 3 heterocycles. The third-order valence-electron chi connectivity index (χ3n) is 4.74. The van der Waals surface area contributed by atoms with Crippen LogP contribution in [0.3, 0.4) is 0 Å². The normalized spacial score (nSPS) is 25.8. The molecule has 0 saturated carbocycles. The van der Waals surface area contributed by atoms with Gasteiger partial charge in [-0.1, -0.05) is 13.0 Å². The molecule has 22 heavy (non-hydrogen) atoms. The molecule has 2 aliphatic heterocycles. The molecule has 0 aromatic carbocycles. The predicted octanol–water partition coefficient (Wildman–Crippen LogP) is 1.40. The lowest BCUT2D eigenvalue weighted by Crippen LogP contribution is -2.67. The van der Waals surface area contributed by atoms with E-state index in [1.165, 1.54) is 6.07 Å². The lowest BCUT2D eigenvalue weighted by Gasteiger charge is -2.50. The summed E-state index contributed by atoms with van der Waals surface area (Å²) < 4.78 is 31.3. The number of hydrogen-bond donors (Lipinski definition) is 2. The van der Waals surface area contributed by atoms with Crippen molar-refractivity contribution >= 4 is 5.91 Å². The number of aliphatic hydroxyl groups excluding tert-OH is 1. The first-order chi connectivity index (χ1) is 10.5. The van der Waals surface area contributed by atoms with Gasteiger partial charge in [0.1, 0.15) is 11.2 Å². The van der Waals surface area contributed by atoms with Gasteiger partial charge in [-0.2, -0.15) is 0 Å². The Balaban J connectivity index is 2.21. The Labute approximate surface area is 126 Å². The predicted molar refractivity (Wildman–Crippen MR) is 73.5 cm³/mol. The van der Waals surface area contributed by atoms with Crippen molar-refractivity contribution in [3.05, 3.63) is 29.1 Å². The number of carbonyl (C=O) groups is 1. The highest BCUT2D eigenvalue weighted by molar-refractivity contribution is 5.91. The molecular formula is C15H18F2N2O3. The van der Waals surface area contributed by atoms with E-state index < -0.39 is 17.4 Å². The molecule has 5 nitrogen and oxygen atoms in total. The van der Waals surface area contributed by atoms with Gasteiger partial charge < -0.3 is 15.2 Å². The minimum atomic E-state index is -2.70. The summed E-state index contributed by atoms with van der Waals surface area (Å²) >= 11 is 0. The molecule has 0 aliphatic carbocycles. The van der Waals surface area contributed by atoms with Crippen LogP contribution in [0.4, 0.5) is 8.78 Å². The Kier molecular flexibility index (Phi) is 3.65. The van der Waals surface area contributed by atoms with Crippen LogP contribution in [0.5, 0.6) is 0 Å². The van der Waals surface area contributed by atoms with Gasteiger partial charge in [0, 0.05) is 12.2 Å². The smallest absolute Gasteiger partial charge is 0.280 e. The van der Waals surface area contributed by atoms with Crippen LogP contribution in [0.1, 0.15) is 43.1 Å². The lowest BCUT2D eigenvalue weighted by molar-refractivity contribution is -0.144. The van der Waals surface area contributed by atoms with Gasteiger partial charge in [0.25, 0.3) is 6.43 Å². The maximum Gasteiger partial charge on any atom is 0.280 e. The third kappa shape index (κ3) is 1.95. The molecule has 1 saturated heterocycles. The van der Waals surface area contributed by atoms with Crippen molar-refractivity contribution in [1.82, 2.24) is 10.3 Å². The molecule has 0 bridgehead atoms. The van der Waals surface area contributed by atoms with E-state index in [0.717, 1.165) is 5.56 Å². The number of halogens is 2. The quantitative estimate of drug-likeness (QED) is 0.882. The second kappa shape index (κ2) is 5.24. The Morgan fingerprint density at radius 2 is 2.18 bits per heavy atom. The second-order valence-electron chi connectivity index (χ2n) is 5.87. The highest BCUT2D eigenvalue weighted by Gasteiger charge is 2.55. The van der Waals surface area contributed by atoms with Crippen LogP contribution >= 0.6 is 0 Å². The molecular weight excluding hydrogens is 294 g/mol. The molecule has 2 N–H and O–H groups in total. The monoisotopic (exact) mass is 312 g/mol. The fraction of sp³-hybridized carbons (Fsp3) is 0.600. The molecule has 1 spiro atoms. The van der Waals surface area contributed by atoms with E-state index in [1.54, 1.807) is 13.0 Å². The molecule has 0 radical (unpaired) electrons. The van der Waals surface area contributed by atoms with Crippen molar-refractivity contribution in [2.24, 2.45) is 0 Å². The van der Waals surface area contributed by atoms with Gasteiger partial charge in [-0.05, 0) is 18.9 Å². The largest absolute Gasteiger partial charge is 0.396 e. The number of hydrogen-bond acceptors (Lipinski definition) is 4. The van der Waals surface area contributed by atoms with E-state index >= 15 is 0 Å². The van der Waals surface area contributed by atoms with Crippen LogP contribution in [-0.4, -0.2) is 35.8 Å². The maximum absolute atomic E-state index is 13.0. The fourth-order valence-electron chi connectivity index (χ4n) is 3.32. The van der Waals surface area contributed by atoms with Crippen molar-refractivity contribution in [2.45, 2.75) is 37.1 Å². The first-order valence-corrected chi connectivity index (χ1v) is 7.30. The summed E-state index contributed by atoms with van der Waals surface area (Å²) in [5.41, 5.74) is -1.02. The van der Waals surface area contributed by atoms with E-state index in [1.807, 2.05) is 0 Å². The Bertz CT molecular complexity index is 604. The number of ether oxygens (including phenoxy) is 1. The van der Waals surface area contributed by atoms with Crippen molar-refractivity contribution in [3.63, 3.8) is 0 Å². The average Bonchev–Trinajstić information content (AvgIpc) is 2.47. The van der Waals surface area contributed by atoms with Gasteiger partial charge >= 0.3 is 0 Å². The zero-order chi connectivity index (χ0) is 16.0. The van der Waals surface area contributed by atoms with Gasteiger partial charge in [-0.15, -0.1) is 0 Å². The Morgan fingerprint density at radius 3 is 2.68 bits per heavy atom. The molecule has 1 aromatic heterocycles. The molecule has 7 heteroatoms. The Morgan fingerprint density at radius 1 is 1.45 bits per heavy atom. The first-order valence-electron chi connectivity index (χ1n) is 7.30. The number of carbonyl (C=O) groups excluding carboxylic acids is 1. The third-order valence-corrected chi connectivity index (χ3v) is 4.74. The molecule has 1 aromatic rings. The lowest BCUT2D eigenvalue weighted by atomic mass is 9.68. The molecule has 3 rings (SSSR count). The highest BCUT2D eigenvalue weighted by atomic mass is 19.3. The van der Waals surface area contributed by atoms with Crippen LogP contribution in [0.2, 0.25) is 0 Å². The summed E-state index contributed by atoms with van der Waals surface area (Å²) in [7, 11) is 0. The van der Waals surface area contributed by atoms with Gasteiger partial charge in [-0.25, -0.2) is 8.78 Å². The maximum atomic E-state index is 13.0. The van der Waals surface area contributed by atoms with E-state index in [2.05, 4.69) is 10.3 Å². The number of aliphatic hydroxyl groups is 1. The summed E-state index contributed by atoms with van der Waals surface area (Å²) in [6, 6.07) is 2.90. The SMILES string of the molecule is CCC1(CCO)C(=O)NC2(COC2)c2ccc(C(F)F)nc21. The van der Waals surface area contributed by atoms with Crippen LogP contribution < -0.4 is 5.32 Å². The number of amides is 1. The summed E-state index contributed by atoms with van der Waals surface area (Å²) in [6.07, 6.45) is -2.17. The zero-order valence-corrected chi connectivity index (χ0v) is 12.2. The van der Waals surface area contributed by atoms with Gasteiger partial charge in [0.15, 0.2) is 0 Å². The minimum absolute atomic E-state index is 0.152. The van der Waals surface area contributed by atoms with Crippen molar-refractivity contribution in [1.29, 1.82) is 0 Å². The van der Waals surface area contributed by atoms with E-state index in [9.17, 15) is 18.7 Å². The number of nitrogens with zero attached hydrogens (tertiary/aromatic N) is 1. The number of rotatable bonds is 4. The van der Waals surface area contributed by atoms with E-state index in [4.69, 9.17) is 4.74 Å². The number of alkyl halides is 2. The summed E-state index contributed by atoms with van der Waals surface area (Å²) in [5.74, 6) is -0.279. The van der Waals surface area contributed by atoms with Crippen LogP contribution in [0.15, 0.2) is 12.1 Å². The summed E-state index contributed by atoms with van der Waals surface area (Å²) in [6.45, 7) is 2.19. The molecule has 120 valence electrons. The fourth-order valence-corrected chi connectivity index (χ4v) is 3.32. The molecule has 1 amide bonds. The van der Waals surface area contributed by atoms with Crippen LogP contribution in [0.25, 0.3) is 0 Å². The molecule has 1 unspecified atom stereocenters. The molecule has 1 atom stereocenters. The second-order valence-corrected chi connectivity index (χ2v) is 5.87. The summed E-state index contributed by atoms with van der Waals surface area (Å²) in [5, 5.41) is 12.3. The van der Waals surface area contributed by atoms with Crippen molar-refractivity contribution in [2.75, 3.05) is 19.8 Å². The highest BCUT2D eigenvalue weighted by Crippen LogP contribution is 2.45. The van der Waals surface area contributed by atoms with Crippen molar-refractivity contribution < 1.29 is 23.4 Å². The topological polar surface area (TPSA) is 71.5 Å². The molecule has 2 aliphatic rings. The van der Waals surface area contributed by atoms with Gasteiger partial charge in [0.05, 0.1) is 24.3 Å². The van der Waals surface area contributed by atoms with Crippen LogP contribution in [-0.2, 0) is 20.5 Å². The van der Waals surface area contributed by atoms with E-state index in [0.29, 0.717) is 25.3 Å². The summed E-state index contributed by atoms with van der Waals surface area (Å²) in [4.78, 5) is 16.8. The Hall–Kier alpha value is -1.60. The zero-order valence-electron chi connectivity index (χ0n) is 12.2. The number of fused-ring (bicyclic) bond motifs is 2. The molecule has 1 fully saturated rings. The van der Waals surface area contributed by atoms with E-state index in [-0.39, 0.29) is 24.6 Å².